The van der Waals surface area contributed by atoms with Crippen molar-refractivity contribution in [1.82, 2.24) is 0 Å². The van der Waals surface area contributed by atoms with Gasteiger partial charge in [-0.25, -0.2) is 4.79 Å². The van der Waals surface area contributed by atoms with Crippen LogP contribution in [-0.2, 0) is 9.53 Å². The summed E-state index contributed by atoms with van der Waals surface area (Å²) >= 11 is 0. The first kappa shape index (κ1) is 10.7. The second kappa shape index (κ2) is 3.62. The molecule has 0 amide bonds. The Balaban J connectivity index is 2.27. The van der Waals surface area contributed by atoms with Gasteiger partial charge in [0.1, 0.15) is 11.5 Å². The summed E-state index contributed by atoms with van der Waals surface area (Å²) in [7, 11) is 0. The van der Waals surface area contributed by atoms with E-state index in [1.165, 1.54) is 0 Å². The zero-order valence-electron chi connectivity index (χ0n) is 9.62. The Morgan fingerprint density at radius 3 is 3.00 bits per heavy atom. The van der Waals surface area contributed by atoms with E-state index in [0.717, 1.165) is 18.4 Å². The van der Waals surface area contributed by atoms with Gasteiger partial charge < -0.3 is 4.74 Å². The molecule has 0 aliphatic heterocycles. The zero-order chi connectivity index (χ0) is 11.1. The van der Waals surface area contributed by atoms with Gasteiger partial charge in [-0.15, -0.1) is 0 Å². The van der Waals surface area contributed by atoms with Gasteiger partial charge in [0.2, 0.25) is 0 Å². The van der Waals surface area contributed by atoms with Gasteiger partial charge in [0.25, 0.3) is 0 Å². The molecule has 0 radical (unpaired) electrons. The van der Waals surface area contributed by atoms with Gasteiger partial charge >= 0.3 is 0 Å². The highest BCUT2D eigenvalue weighted by Gasteiger charge is 2.51. The molecule has 2 rings (SSSR count). The molecular formula is C13H18O2. The van der Waals surface area contributed by atoms with E-state index >= 15 is 0 Å². The fraction of sp³-hybridized carbons (Fsp3) is 0.692. The van der Waals surface area contributed by atoms with E-state index in [0.29, 0.717) is 5.92 Å². The van der Waals surface area contributed by atoms with Gasteiger partial charge in [-0.2, -0.15) is 0 Å². The van der Waals surface area contributed by atoms with Crippen LogP contribution in [0.5, 0.6) is 0 Å². The molecule has 4 unspecified atom stereocenters. The van der Waals surface area contributed by atoms with Crippen LogP contribution in [0.1, 0.15) is 33.6 Å². The third kappa shape index (κ3) is 1.49. The third-order valence-corrected chi connectivity index (χ3v) is 3.83. The van der Waals surface area contributed by atoms with Gasteiger partial charge in [0.05, 0.1) is 11.7 Å². The second-order valence-electron chi connectivity index (χ2n) is 4.79. The highest BCUT2D eigenvalue weighted by molar-refractivity contribution is 5.61. The molecule has 82 valence electrons. The zero-order valence-corrected chi connectivity index (χ0v) is 9.62. The molecule has 0 heterocycles. The van der Waals surface area contributed by atoms with Gasteiger partial charge in [-0.3, -0.25) is 0 Å². The van der Waals surface area contributed by atoms with Crippen LogP contribution >= 0.6 is 0 Å². The summed E-state index contributed by atoms with van der Waals surface area (Å²) in [6.45, 7) is 6.19. The highest BCUT2D eigenvalue weighted by Crippen LogP contribution is 2.51. The predicted octanol–water partition coefficient (Wildman–Crippen LogP) is 2.52. The Hall–Kier alpha value is -0.850. The summed E-state index contributed by atoms with van der Waals surface area (Å²) in [5, 5.41) is 0. The van der Waals surface area contributed by atoms with Gasteiger partial charge in [-0.05, 0) is 26.7 Å². The Bertz CT molecular complexity index is 338. The Labute approximate surface area is 91.0 Å². The number of ether oxygens (including phenoxy) is 1. The molecule has 0 aromatic rings. The normalized spacial score (nSPS) is 39.5. The highest BCUT2D eigenvalue weighted by atomic mass is 16.5. The molecule has 1 saturated carbocycles. The van der Waals surface area contributed by atoms with Crippen molar-refractivity contribution in [2.24, 2.45) is 11.8 Å². The minimum absolute atomic E-state index is 0.200. The maximum absolute atomic E-state index is 11.0. The van der Waals surface area contributed by atoms with E-state index in [4.69, 9.17) is 4.74 Å². The van der Waals surface area contributed by atoms with Crippen molar-refractivity contribution in [3.8, 4) is 0 Å². The minimum Gasteiger partial charge on any atom is -0.367 e. The van der Waals surface area contributed by atoms with E-state index in [9.17, 15) is 4.79 Å². The Kier molecular flexibility index (Phi) is 2.57. The van der Waals surface area contributed by atoms with E-state index in [1.807, 2.05) is 6.92 Å². The van der Waals surface area contributed by atoms with E-state index in [2.05, 4.69) is 31.9 Å². The fourth-order valence-corrected chi connectivity index (χ4v) is 2.72. The van der Waals surface area contributed by atoms with Crippen molar-refractivity contribution in [2.45, 2.75) is 45.3 Å². The molecule has 0 N–H and O–H groups in total. The molecular weight excluding hydrogens is 188 g/mol. The van der Waals surface area contributed by atoms with E-state index < -0.39 is 5.60 Å². The van der Waals surface area contributed by atoms with Crippen LogP contribution in [0.15, 0.2) is 17.7 Å². The van der Waals surface area contributed by atoms with Crippen molar-refractivity contribution >= 4 is 5.94 Å². The number of hydrogen-bond acceptors (Lipinski definition) is 2. The predicted molar refractivity (Wildman–Crippen MR) is 59.2 cm³/mol. The summed E-state index contributed by atoms with van der Waals surface area (Å²) in [5.74, 6) is 2.75. The first-order chi connectivity index (χ1) is 7.11. The topological polar surface area (TPSA) is 26.3 Å². The van der Waals surface area contributed by atoms with Gasteiger partial charge in [-0.1, -0.05) is 19.1 Å². The number of carbonyl (C=O) groups excluding carboxylic acids is 1. The van der Waals surface area contributed by atoms with Gasteiger partial charge in [0, 0.05) is 11.8 Å². The lowest BCUT2D eigenvalue weighted by Crippen LogP contribution is -2.38. The van der Waals surface area contributed by atoms with Crippen LogP contribution in [0, 0.1) is 11.8 Å². The largest absolute Gasteiger partial charge is 0.367 e. The Morgan fingerprint density at radius 2 is 2.40 bits per heavy atom. The second-order valence-corrected chi connectivity index (χ2v) is 4.79. The molecule has 2 nitrogen and oxygen atoms in total. The standard InChI is InChI=1S/C13H18O2/c1-4-9(2)15-13(3)11-6-5-10(7-11)12(13)8-14/h5-6,9-11H,4,7H2,1-3H3. The molecule has 2 aliphatic carbocycles. The molecule has 0 aromatic carbocycles. The SMILES string of the molecule is CCC(C)OC1(C)C(=C=O)C2C=CC1C2. The minimum atomic E-state index is -0.392. The van der Waals surface area contributed by atoms with E-state index in [-0.39, 0.29) is 12.0 Å². The van der Waals surface area contributed by atoms with Crippen LogP contribution in [0.4, 0.5) is 0 Å². The van der Waals surface area contributed by atoms with Crippen molar-refractivity contribution in [3.63, 3.8) is 0 Å². The summed E-state index contributed by atoms with van der Waals surface area (Å²) in [6.07, 6.45) is 6.51. The lowest BCUT2D eigenvalue weighted by molar-refractivity contribution is -0.0659. The van der Waals surface area contributed by atoms with E-state index in [1.54, 1.807) is 0 Å². The molecule has 15 heavy (non-hydrogen) atoms. The smallest absolute Gasteiger partial charge is 0.127 e. The van der Waals surface area contributed by atoms with Crippen LogP contribution < -0.4 is 0 Å². The lowest BCUT2D eigenvalue weighted by atomic mass is 9.86. The molecule has 0 saturated heterocycles. The van der Waals surface area contributed by atoms with Crippen molar-refractivity contribution in [3.05, 3.63) is 17.7 Å². The van der Waals surface area contributed by atoms with Gasteiger partial charge in [0.15, 0.2) is 0 Å². The average Bonchev–Trinajstić information content (AvgIpc) is 2.76. The van der Waals surface area contributed by atoms with Crippen molar-refractivity contribution < 1.29 is 9.53 Å². The number of fused-ring (bicyclic) bond motifs is 2. The summed E-state index contributed by atoms with van der Waals surface area (Å²) in [4.78, 5) is 11.0. The van der Waals surface area contributed by atoms with Crippen LogP contribution in [-0.4, -0.2) is 17.6 Å². The number of rotatable bonds is 3. The summed E-state index contributed by atoms with van der Waals surface area (Å²) in [5.41, 5.74) is 0.423. The maximum Gasteiger partial charge on any atom is 0.127 e. The molecule has 4 atom stereocenters. The molecule has 0 spiro atoms. The molecule has 0 aromatic heterocycles. The monoisotopic (exact) mass is 206 g/mol. The van der Waals surface area contributed by atoms with Crippen LogP contribution in [0.25, 0.3) is 0 Å². The van der Waals surface area contributed by atoms with Crippen molar-refractivity contribution in [2.75, 3.05) is 0 Å². The Morgan fingerprint density at radius 1 is 1.67 bits per heavy atom. The lowest BCUT2D eigenvalue weighted by Gasteiger charge is -2.34. The summed E-state index contributed by atoms with van der Waals surface area (Å²) in [6, 6.07) is 0. The van der Waals surface area contributed by atoms with Crippen LogP contribution in [0.2, 0.25) is 0 Å². The first-order valence-electron chi connectivity index (χ1n) is 5.73. The average molecular weight is 206 g/mol. The molecule has 2 heteroatoms. The molecule has 2 bridgehead atoms. The van der Waals surface area contributed by atoms with Crippen LogP contribution in [0.3, 0.4) is 0 Å². The quantitative estimate of drug-likeness (QED) is 0.524. The van der Waals surface area contributed by atoms with Crippen molar-refractivity contribution in [1.29, 1.82) is 0 Å². The maximum atomic E-state index is 11.0. The molecule has 2 aliphatic rings. The number of allylic oxidation sites excluding steroid dienone is 1. The number of hydrogen-bond donors (Lipinski definition) is 0. The molecule has 1 fully saturated rings. The first-order valence-corrected chi connectivity index (χ1v) is 5.73. The third-order valence-electron chi connectivity index (χ3n) is 3.83. The fourth-order valence-electron chi connectivity index (χ4n) is 2.72. The summed E-state index contributed by atoms with van der Waals surface area (Å²) < 4.78 is 6.03.